The van der Waals surface area contributed by atoms with Crippen molar-refractivity contribution in [2.45, 2.75) is 13.3 Å². The molecule has 0 amide bonds. The zero-order chi connectivity index (χ0) is 11.4. The van der Waals surface area contributed by atoms with Crippen LogP contribution in [0.2, 0.25) is 5.02 Å². The van der Waals surface area contributed by atoms with E-state index in [2.05, 4.69) is 20.6 Å². The summed E-state index contributed by atoms with van der Waals surface area (Å²) < 4.78 is 5.54. The number of hydrogen-bond acceptors (Lipinski definition) is 4. The van der Waals surface area contributed by atoms with E-state index in [1.54, 1.807) is 0 Å². The van der Waals surface area contributed by atoms with Crippen molar-refractivity contribution >= 4 is 11.6 Å². The molecule has 1 aromatic heterocycles. The number of benzene rings is 1. The molecule has 5 nitrogen and oxygen atoms in total. The van der Waals surface area contributed by atoms with Gasteiger partial charge in [-0.25, -0.2) is 0 Å². The van der Waals surface area contributed by atoms with Crippen molar-refractivity contribution in [2.24, 2.45) is 0 Å². The van der Waals surface area contributed by atoms with Gasteiger partial charge in [-0.15, -0.1) is 10.2 Å². The molecule has 0 aliphatic rings. The highest BCUT2D eigenvalue weighted by molar-refractivity contribution is 6.32. The van der Waals surface area contributed by atoms with E-state index in [0.717, 1.165) is 5.56 Å². The predicted octanol–water partition coefficient (Wildman–Crippen LogP) is 1.78. The van der Waals surface area contributed by atoms with Gasteiger partial charge >= 0.3 is 0 Å². The highest BCUT2D eigenvalue weighted by Crippen LogP contribution is 2.25. The maximum atomic E-state index is 5.98. The second-order valence-electron chi connectivity index (χ2n) is 3.36. The molecule has 0 atom stereocenters. The third-order valence-electron chi connectivity index (χ3n) is 2.06. The van der Waals surface area contributed by atoms with Crippen molar-refractivity contribution in [1.82, 2.24) is 20.6 Å². The zero-order valence-corrected chi connectivity index (χ0v) is 9.53. The second kappa shape index (κ2) is 4.94. The van der Waals surface area contributed by atoms with Crippen LogP contribution in [0.15, 0.2) is 18.2 Å². The number of nitrogens with zero attached hydrogens (tertiary/aromatic N) is 3. The SMILES string of the molecule is Cc1ccc(Cl)c(OCCc2nn[nH]n2)c1. The lowest BCUT2D eigenvalue weighted by Gasteiger charge is -2.07. The van der Waals surface area contributed by atoms with Crippen molar-refractivity contribution in [3.05, 3.63) is 34.6 Å². The summed E-state index contributed by atoms with van der Waals surface area (Å²) in [5.74, 6) is 1.31. The molecule has 0 bridgehead atoms. The van der Waals surface area contributed by atoms with E-state index in [0.29, 0.717) is 29.6 Å². The molecule has 0 saturated carbocycles. The van der Waals surface area contributed by atoms with Crippen LogP contribution in [0.5, 0.6) is 5.75 Å². The molecule has 2 rings (SSSR count). The first-order valence-corrected chi connectivity index (χ1v) is 5.25. The predicted molar refractivity (Wildman–Crippen MR) is 59.6 cm³/mol. The molecule has 1 aromatic carbocycles. The number of ether oxygens (including phenoxy) is 1. The molecule has 0 aliphatic carbocycles. The number of halogens is 1. The summed E-state index contributed by atoms with van der Waals surface area (Å²) in [6.45, 7) is 2.46. The summed E-state index contributed by atoms with van der Waals surface area (Å²) >= 11 is 5.98. The summed E-state index contributed by atoms with van der Waals surface area (Å²) in [6, 6.07) is 5.66. The maximum Gasteiger partial charge on any atom is 0.177 e. The van der Waals surface area contributed by atoms with E-state index in [1.807, 2.05) is 25.1 Å². The van der Waals surface area contributed by atoms with Crippen LogP contribution in [0.3, 0.4) is 0 Å². The number of aryl methyl sites for hydroxylation is 1. The number of tetrazole rings is 1. The molecular formula is C10H11ClN4O. The minimum Gasteiger partial charge on any atom is -0.492 e. The molecule has 1 N–H and O–H groups in total. The monoisotopic (exact) mass is 238 g/mol. The van der Waals surface area contributed by atoms with E-state index in [1.165, 1.54) is 0 Å². The standard InChI is InChI=1S/C10H11ClN4O/c1-7-2-3-8(11)9(6-7)16-5-4-10-12-14-15-13-10/h2-3,6H,4-5H2,1H3,(H,12,13,14,15). The lowest BCUT2D eigenvalue weighted by atomic mass is 10.2. The third kappa shape index (κ3) is 2.70. The Morgan fingerprint density at radius 1 is 1.44 bits per heavy atom. The lowest BCUT2D eigenvalue weighted by molar-refractivity contribution is 0.319. The molecule has 2 aromatic rings. The first-order chi connectivity index (χ1) is 7.75. The van der Waals surface area contributed by atoms with Gasteiger partial charge in [0.2, 0.25) is 0 Å². The second-order valence-corrected chi connectivity index (χ2v) is 3.77. The van der Waals surface area contributed by atoms with Crippen LogP contribution in [-0.4, -0.2) is 27.2 Å². The molecule has 0 aliphatic heterocycles. The van der Waals surface area contributed by atoms with E-state index in [4.69, 9.17) is 16.3 Å². The van der Waals surface area contributed by atoms with Crippen LogP contribution in [0.1, 0.15) is 11.4 Å². The minimum atomic E-state index is 0.475. The molecule has 84 valence electrons. The first-order valence-electron chi connectivity index (χ1n) is 4.87. The molecule has 0 radical (unpaired) electrons. The van der Waals surface area contributed by atoms with Crippen LogP contribution < -0.4 is 4.74 Å². The van der Waals surface area contributed by atoms with Gasteiger partial charge in [0.25, 0.3) is 0 Å². The molecule has 0 spiro atoms. The van der Waals surface area contributed by atoms with Gasteiger partial charge in [0.1, 0.15) is 5.75 Å². The number of hydrogen-bond donors (Lipinski definition) is 1. The highest BCUT2D eigenvalue weighted by Gasteiger charge is 2.03. The number of nitrogens with one attached hydrogen (secondary N) is 1. The molecule has 1 heterocycles. The smallest absolute Gasteiger partial charge is 0.177 e. The Morgan fingerprint density at radius 2 is 2.31 bits per heavy atom. The fourth-order valence-corrected chi connectivity index (χ4v) is 1.43. The quantitative estimate of drug-likeness (QED) is 0.882. The van der Waals surface area contributed by atoms with Crippen LogP contribution in [-0.2, 0) is 6.42 Å². The molecule has 0 saturated heterocycles. The topological polar surface area (TPSA) is 63.7 Å². The minimum absolute atomic E-state index is 0.475. The Morgan fingerprint density at radius 3 is 3.06 bits per heavy atom. The number of aromatic nitrogens is 4. The van der Waals surface area contributed by atoms with Crippen LogP contribution >= 0.6 is 11.6 Å². The van der Waals surface area contributed by atoms with E-state index < -0.39 is 0 Å². The summed E-state index contributed by atoms with van der Waals surface area (Å²) in [4.78, 5) is 0. The fraction of sp³-hybridized carbons (Fsp3) is 0.300. The zero-order valence-electron chi connectivity index (χ0n) is 8.77. The Kier molecular flexibility index (Phi) is 3.36. The average Bonchev–Trinajstić information content (AvgIpc) is 2.76. The summed E-state index contributed by atoms with van der Waals surface area (Å²) in [6.07, 6.45) is 0.598. The van der Waals surface area contributed by atoms with E-state index in [9.17, 15) is 0 Å². The van der Waals surface area contributed by atoms with Crippen LogP contribution in [0.25, 0.3) is 0 Å². The van der Waals surface area contributed by atoms with E-state index >= 15 is 0 Å². The largest absolute Gasteiger partial charge is 0.492 e. The summed E-state index contributed by atoms with van der Waals surface area (Å²) in [5, 5.41) is 14.1. The van der Waals surface area contributed by atoms with E-state index in [-0.39, 0.29) is 0 Å². The normalized spacial score (nSPS) is 10.4. The first kappa shape index (κ1) is 10.9. The average molecular weight is 239 g/mol. The van der Waals surface area contributed by atoms with Crippen molar-refractivity contribution in [3.8, 4) is 5.75 Å². The fourth-order valence-electron chi connectivity index (χ4n) is 1.26. The van der Waals surface area contributed by atoms with Crippen molar-refractivity contribution in [1.29, 1.82) is 0 Å². The Bertz CT molecular complexity index is 458. The Balaban J connectivity index is 1.92. The number of rotatable bonds is 4. The van der Waals surface area contributed by atoms with Crippen molar-refractivity contribution in [3.63, 3.8) is 0 Å². The van der Waals surface area contributed by atoms with Gasteiger partial charge < -0.3 is 4.74 Å². The lowest BCUT2D eigenvalue weighted by Crippen LogP contribution is -2.03. The highest BCUT2D eigenvalue weighted by atomic mass is 35.5. The molecule has 6 heteroatoms. The summed E-state index contributed by atoms with van der Waals surface area (Å²) in [5.41, 5.74) is 1.11. The van der Waals surface area contributed by atoms with Crippen LogP contribution in [0, 0.1) is 6.92 Å². The third-order valence-corrected chi connectivity index (χ3v) is 2.37. The number of aromatic amines is 1. The molecule has 0 fully saturated rings. The Labute approximate surface area is 97.8 Å². The van der Waals surface area contributed by atoms with Gasteiger partial charge in [0.15, 0.2) is 5.82 Å². The molecular weight excluding hydrogens is 228 g/mol. The van der Waals surface area contributed by atoms with Gasteiger partial charge in [0, 0.05) is 6.42 Å². The van der Waals surface area contributed by atoms with Crippen LogP contribution in [0.4, 0.5) is 0 Å². The van der Waals surface area contributed by atoms with Gasteiger partial charge in [-0.1, -0.05) is 22.9 Å². The van der Waals surface area contributed by atoms with Gasteiger partial charge in [-0.2, -0.15) is 5.21 Å². The maximum absolute atomic E-state index is 5.98. The summed E-state index contributed by atoms with van der Waals surface area (Å²) in [7, 11) is 0. The van der Waals surface area contributed by atoms with Gasteiger partial charge in [-0.05, 0) is 24.6 Å². The Hall–Kier alpha value is -1.62. The number of H-pyrrole nitrogens is 1. The van der Waals surface area contributed by atoms with Crippen molar-refractivity contribution in [2.75, 3.05) is 6.61 Å². The molecule has 0 unspecified atom stereocenters. The molecule has 16 heavy (non-hydrogen) atoms. The van der Waals surface area contributed by atoms with Crippen molar-refractivity contribution < 1.29 is 4.74 Å². The van der Waals surface area contributed by atoms with Gasteiger partial charge in [-0.3, -0.25) is 0 Å². The van der Waals surface area contributed by atoms with Gasteiger partial charge in [0.05, 0.1) is 11.6 Å².